The second kappa shape index (κ2) is 12.0. The van der Waals surface area contributed by atoms with Crippen molar-refractivity contribution in [3.63, 3.8) is 0 Å². The Morgan fingerprint density at radius 3 is 2.58 bits per heavy atom. The Hall–Kier alpha value is -3.43. The fraction of sp³-hybridized carbons (Fsp3) is 0.250. The lowest BCUT2D eigenvalue weighted by Crippen LogP contribution is -2.44. The Labute approximate surface area is 233 Å². The zero-order chi connectivity index (χ0) is 27.4. The maximum atomic E-state index is 13.8. The van der Waals surface area contributed by atoms with Gasteiger partial charge in [-0.05, 0) is 46.1 Å². The molecule has 2 amide bonds. The Bertz CT molecular complexity index is 1460. The molecule has 38 heavy (non-hydrogen) atoms. The van der Waals surface area contributed by atoms with Gasteiger partial charge in [0.1, 0.15) is 18.1 Å². The van der Waals surface area contributed by atoms with Crippen LogP contribution in [-0.2, 0) is 19.7 Å². The van der Waals surface area contributed by atoms with E-state index in [2.05, 4.69) is 15.9 Å². The van der Waals surface area contributed by atoms with Crippen molar-refractivity contribution in [3.8, 4) is 5.75 Å². The second-order valence-electron chi connectivity index (χ2n) is 8.83. The number of benzene rings is 2. The van der Waals surface area contributed by atoms with Gasteiger partial charge in [0.15, 0.2) is 11.4 Å². The van der Waals surface area contributed by atoms with E-state index < -0.39 is 23.1 Å². The Morgan fingerprint density at radius 1 is 1.16 bits per heavy atom. The van der Waals surface area contributed by atoms with Crippen molar-refractivity contribution in [3.05, 3.63) is 109 Å². The molecular weight excluding hydrogens is 577 g/mol. The van der Waals surface area contributed by atoms with Crippen molar-refractivity contribution in [2.75, 3.05) is 20.1 Å². The van der Waals surface area contributed by atoms with Crippen molar-refractivity contribution in [2.24, 2.45) is 0 Å². The molecule has 0 unspecified atom stereocenters. The van der Waals surface area contributed by atoms with E-state index in [0.717, 1.165) is 5.56 Å². The summed E-state index contributed by atoms with van der Waals surface area (Å²) in [7, 11) is 1.63. The Morgan fingerprint density at radius 2 is 1.89 bits per heavy atom. The van der Waals surface area contributed by atoms with Crippen molar-refractivity contribution in [2.45, 2.75) is 26.6 Å². The number of fused-ring (bicyclic) bond motifs is 1. The molecule has 1 aliphatic rings. The normalized spacial score (nSPS) is 13.1. The van der Waals surface area contributed by atoms with Gasteiger partial charge in [0.05, 0.1) is 9.50 Å². The number of likely N-dealkylation sites (N-methyl/N-ethyl adjacent to an activating group) is 1. The van der Waals surface area contributed by atoms with Gasteiger partial charge < -0.3 is 19.1 Å². The number of amides is 2. The molecule has 0 saturated heterocycles. The van der Waals surface area contributed by atoms with Crippen LogP contribution in [0.2, 0.25) is 5.02 Å². The van der Waals surface area contributed by atoms with E-state index in [1.807, 2.05) is 49.4 Å². The van der Waals surface area contributed by atoms with Crippen LogP contribution in [0, 0.1) is 5.82 Å². The average Bonchev–Trinajstić information content (AvgIpc) is 2.91. The van der Waals surface area contributed by atoms with Gasteiger partial charge in [-0.3, -0.25) is 14.4 Å². The summed E-state index contributed by atoms with van der Waals surface area (Å²) < 4.78 is 21.2. The molecule has 1 aromatic heterocycles. The molecule has 0 saturated carbocycles. The van der Waals surface area contributed by atoms with Gasteiger partial charge in [0, 0.05) is 33.2 Å². The van der Waals surface area contributed by atoms with E-state index >= 15 is 0 Å². The van der Waals surface area contributed by atoms with Crippen molar-refractivity contribution in [1.29, 1.82) is 0 Å². The van der Waals surface area contributed by atoms with Gasteiger partial charge in [0.25, 0.3) is 11.8 Å². The lowest BCUT2D eigenvalue weighted by molar-refractivity contribution is 0.0671. The van der Waals surface area contributed by atoms with Crippen molar-refractivity contribution in [1.82, 2.24) is 14.4 Å². The summed E-state index contributed by atoms with van der Waals surface area (Å²) in [6.07, 6.45) is 3.64. The number of hydrogen-bond donors (Lipinski definition) is 0. The molecule has 0 N–H and O–H groups in total. The maximum absolute atomic E-state index is 13.8. The summed E-state index contributed by atoms with van der Waals surface area (Å²) in [5.74, 6) is -1.58. The summed E-state index contributed by atoms with van der Waals surface area (Å²) in [6, 6.07) is 13.5. The van der Waals surface area contributed by atoms with Crippen LogP contribution in [0.25, 0.3) is 0 Å². The number of carbonyl (C=O) groups excluding carboxylic acids is 2. The first-order valence-corrected chi connectivity index (χ1v) is 13.1. The smallest absolute Gasteiger partial charge is 0.274 e. The third kappa shape index (κ3) is 5.68. The summed E-state index contributed by atoms with van der Waals surface area (Å²) >= 11 is 9.26. The number of pyridine rings is 1. The molecule has 0 radical (unpaired) electrons. The highest BCUT2D eigenvalue weighted by molar-refractivity contribution is 9.10. The number of carbonyl (C=O) groups is 2. The van der Waals surface area contributed by atoms with Crippen LogP contribution in [0.15, 0.2) is 70.0 Å². The first-order valence-electron chi connectivity index (χ1n) is 12.0. The molecule has 3 aromatic rings. The molecule has 4 rings (SSSR count). The standard InChI is InChI=1S/C28H26BrClFN3O4/c1-3-4-12-32(2)27(36)23-22(29)25(35)26(38-17-18-8-6-5-7-9-18)24-28(37)33(13-14-34(23)24)16-19-10-11-21(31)20(30)15-19/h3-11,15H,12-14,16-17H2,1-2H3/b4-3+. The molecule has 2 aromatic carbocycles. The lowest BCUT2D eigenvalue weighted by atomic mass is 10.1. The fourth-order valence-corrected chi connectivity index (χ4v) is 4.95. The summed E-state index contributed by atoms with van der Waals surface area (Å²) in [6.45, 7) is 2.89. The topological polar surface area (TPSA) is 71.8 Å². The highest BCUT2D eigenvalue weighted by Crippen LogP contribution is 2.29. The van der Waals surface area contributed by atoms with Gasteiger partial charge in [-0.1, -0.05) is 60.2 Å². The number of hydrogen-bond acceptors (Lipinski definition) is 4. The van der Waals surface area contributed by atoms with Crippen molar-refractivity contribution < 1.29 is 18.7 Å². The van der Waals surface area contributed by atoms with Gasteiger partial charge in [-0.2, -0.15) is 0 Å². The molecular formula is C28H26BrClFN3O4. The van der Waals surface area contributed by atoms with Crippen LogP contribution in [0.3, 0.4) is 0 Å². The largest absolute Gasteiger partial charge is 0.483 e. The minimum absolute atomic E-state index is 0.00336. The molecule has 0 fully saturated rings. The van der Waals surface area contributed by atoms with E-state index in [9.17, 15) is 18.8 Å². The van der Waals surface area contributed by atoms with Gasteiger partial charge in [0.2, 0.25) is 5.43 Å². The first-order chi connectivity index (χ1) is 18.2. The molecule has 0 atom stereocenters. The number of nitrogens with zero attached hydrogens (tertiary/aromatic N) is 3. The fourth-order valence-electron chi connectivity index (χ4n) is 4.19. The number of ether oxygens (including phenoxy) is 1. The summed E-state index contributed by atoms with van der Waals surface area (Å²) in [5, 5.41) is -0.0450. The molecule has 0 bridgehead atoms. The van der Waals surface area contributed by atoms with E-state index in [0.29, 0.717) is 12.1 Å². The van der Waals surface area contributed by atoms with E-state index in [1.54, 1.807) is 17.7 Å². The minimum Gasteiger partial charge on any atom is -0.483 e. The van der Waals surface area contributed by atoms with Crippen LogP contribution in [0.1, 0.15) is 39.0 Å². The van der Waals surface area contributed by atoms with Gasteiger partial charge >= 0.3 is 0 Å². The third-order valence-electron chi connectivity index (χ3n) is 6.20. The van der Waals surface area contributed by atoms with E-state index in [4.69, 9.17) is 16.3 Å². The minimum atomic E-state index is -0.588. The predicted molar refractivity (Wildman–Crippen MR) is 147 cm³/mol. The Kier molecular flexibility index (Phi) is 8.69. The van der Waals surface area contributed by atoms with Crippen LogP contribution < -0.4 is 10.2 Å². The SMILES string of the molecule is C/C=C/CN(C)C(=O)c1c(Br)c(=O)c(OCc2ccccc2)c2n1CCN(Cc1ccc(F)c(Cl)c1)C2=O. The van der Waals surface area contributed by atoms with E-state index in [-0.39, 0.29) is 52.9 Å². The number of allylic oxidation sites excluding steroid dienone is 1. The highest BCUT2D eigenvalue weighted by Gasteiger charge is 2.35. The molecule has 0 spiro atoms. The number of rotatable bonds is 8. The molecule has 10 heteroatoms. The average molecular weight is 603 g/mol. The summed E-state index contributed by atoms with van der Waals surface area (Å²) in [4.78, 5) is 43.7. The molecule has 1 aliphatic heterocycles. The summed E-state index contributed by atoms with van der Waals surface area (Å²) in [5.41, 5.74) is 0.939. The second-order valence-corrected chi connectivity index (χ2v) is 10.0. The van der Waals surface area contributed by atoms with Crippen LogP contribution >= 0.6 is 27.5 Å². The predicted octanol–water partition coefficient (Wildman–Crippen LogP) is 5.29. The van der Waals surface area contributed by atoms with Crippen LogP contribution in [0.5, 0.6) is 5.75 Å². The molecule has 2 heterocycles. The zero-order valence-electron chi connectivity index (χ0n) is 20.9. The monoisotopic (exact) mass is 601 g/mol. The lowest BCUT2D eigenvalue weighted by Gasteiger charge is -2.33. The first kappa shape index (κ1) is 27.6. The van der Waals surface area contributed by atoms with E-state index in [1.165, 1.54) is 21.9 Å². The maximum Gasteiger partial charge on any atom is 0.274 e. The molecule has 0 aliphatic carbocycles. The zero-order valence-corrected chi connectivity index (χ0v) is 23.3. The number of aromatic nitrogens is 1. The van der Waals surface area contributed by atoms with Gasteiger partial charge in [-0.15, -0.1) is 0 Å². The molecule has 7 nitrogen and oxygen atoms in total. The highest BCUT2D eigenvalue weighted by atomic mass is 79.9. The third-order valence-corrected chi connectivity index (χ3v) is 7.22. The quantitative estimate of drug-likeness (QED) is 0.329. The van der Waals surface area contributed by atoms with Crippen LogP contribution in [-0.4, -0.2) is 46.3 Å². The Balaban J connectivity index is 1.78. The molecule has 198 valence electrons. The van der Waals surface area contributed by atoms with Crippen LogP contribution in [0.4, 0.5) is 4.39 Å². The number of halogens is 3. The van der Waals surface area contributed by atoms with Crippen molar-refractivity contribution >= 4 is 39.3 Å². The van der Waals surface area contributed by atoms with Gasteiger partial charge in [-0.25, -0.2) is 4.39 Å².